The molecule has 30 heavy (non-hydrogen) atoms. The van der Waals surface area contributed by atoms with Crippen LogP contribution in [0.15, 0.2) is 47.1 Å². The highest BCUT2D eigenvalue weighted by Crippen LogP contribution is 2.30. The molecule has 1 aromatic carbocycles. The van der Waals surface area contributed by atoms with E-state index in [-0.39, 0.29) is 17.6 Å². The molecule has 3 aromatic rings. The number of hydrogen-bond acceptors (Lipinski definition) is 5. The minimum atomic E-state index is -4.71. The summed E-state index contributed by atoms with van der Waals surface area (Å²) in [5.74, 6) is -2.21. The van der Waals surface area contributed by atoms with Gasteiger partial charge < -0.3 is 9.42 Å². The van der Waals surface area contributed by atoms with E-state index in [0.29, 0.717) is 24.2 Å². The molecule has 2 aromatic heterocycles. The van der Waals surface area contributed by atoms with Gasteiger partial charge in [-0.2, -0.15) is 18.2 Å². The van der Waals surface area contributed by atoms with E-state index in [1.54, 1.807) is 17.0 Å². The Morgan fingerprint density at radius 3 is 2.53 bits per heavy atom. The predicted molar refractivity (Wildman–Crippen MR) is 96.8 cm³/mol. The second-order valence-corrected chi connectivity index (χ2v) is 6.99. The third-order valence-corrected chi connectivity index (χ3v) is 4.93. The molecular formula is C20H16F4N4O2. The standard InChI is InChI=1S/C20H16F4N4O2/c21-15-6-3-12(4-7-15)18(29)28-9-1-2-14(11-28)16-8-5-13(10-25-16)17-26-19(30-27-17)20(22,23)24/h3-8,10,14H,1-2,9,11H2/t14-/m1/s1. The Morgan fingerprint density at radius 1 is 1.13 bits per heavy atom. The third kappa shape index (κ3) is 4.17. The van der Waals surface area contributed by atoms with Crippen LogP contribution in [0.1, 0.15) is 40.7 Å². The summed E-state index contributed by atoms with van der Waals surface area (Å²) >= 11 is 0. The Balaban J connectivity index is 1.47. The van der Waals surface area contributed by atoms with E-state index >= 15 is 0 Å². The van der Waals surface area contributed by atoms with E-state index in [2.05, 4.69) is 19.6 Å². The number of alkyl halides is 3. The fourth-order valence-corrected chi connectivity index (χ4v) is 3.41. The molecule has 156 valence electrons. The van der Waals surface area contributed by atoms with Crippen LogP contribution in [0.4, 0.5) is 17.6 Å². The number of hydrogen-bond donors (Lipinski definition) is 0. The highest BCUT2D eigenvalue weighted by Gasteiger charge is 2.38. The minimum Gasteiger partial charge on any atom is -0.338 e. The first-order valence-corrected chi connectivity index (χ1v) is 9.23. The molecule has 10 heteroatoms. The molecule has 6 nitrogen and oxygen atoms in total. The Bertz CT molecular complexity index is 1030. The SMILES string of the molecule is O=C(c1ccc(F)cc1)N1CCC[C@@H](c2ccc(-c3noc(C(F)(F)F)n3)cn2)C1. The number of halogens is 4. The fraction of sp³-hybridized carbons (Fsp3) is 0.300. The normalized spacial score (nSPS) is 17.2. The number of likely N-dealkylation sites (tertiary alicyclic amines) is 1. The zero-order valence-electron chi connectivity index (χ0n) is 15.6. The summed E-state index contributed by atoms with van der Waals surface area (Å²) in [6.45, 7) is 1.04. The van der Waals surface area contributed by atoms with Crippen LogP contribution >= 0.6 is 0 Å². The lowest BCUT2D eigenvalue weighted by Crippen LogP contribution is -2.39. The molecule has 1 fully saturated rings. The molecule has 1 aliphatic rings. The lowest BCUT2D eigenvalue weighted by atomic mass is 9.93. The number of benzene rings is 1. The number of pyridine rings is 1. The molecule has 0 N–H and O–H groups in total. The third-order valence-electron chi connectivity index (χ3n) is 4.93. The summed E-state index contributed by atoms with van der Waals surface area (Å²) < 4.78 is 55.1. The van der Waals surface area contributed by atoms with Crippen molar-refractivity contribution in [3.8, 4) is 11.4 Å². The maximum absolute atomic E-state index is 13.1. The molecule has 0 saturated carbocycles. The molecule has 0 unspecified atom stereocenters. The van der Waals surface area contributed by atoms with Crippen LogP contribution in [-0.2, 0) is 6.18 Å². The Kier molecular flexibility index (Phi) is 5.23. The van der Waals surface area contributed by atoms with Crippen molar-refractivity contribution in [3.63, 3.8) is 0 Å². The van der Waals surface area contributed by atoms with Crippen LogP contribution in [0, 0.1) is 5.82 Å². The number of carbonyl (C=O) groups excluding carboxylic acids is 1. The second kappa shape index (κ2) is 7.85. The average molecular weight is 420 g/mol. The van der Waals surface area contributed by atoms with E-state index in [9.17, 15) is 22.4 Å². The molecule has 1 saturated heterocycles. The highest BCUT2D eigenvalue weighted by atomic mass is 19.4. The van der Waals surface area contributed by atoms with Gasteiger partial charge in [0.15, 0.2) is 0 Å². The summed E-state index contributed by atoms with van der Waals surface area (Å²) in [6.07, 6.45) is -1.72. The number of nitrogens with zero attached hydrogens (tertiary/aromatic N) is 4. The topological polar surface area (TPSA) is 72.1 Å². The summed E-state index contributed by atoms with van der Waals surface area (Å²) in [5.41, 5.74) is 1.43. The van der Waals surface area contributed by atoms with Crippen LogP contribution in [0.25, 0.3) is 11.4 Å². The van der Waals surface area contributed by atoms with Gasteiger partial charge in [-0.25, -0.2) is 4.39 Å². The van der Waals surface area contributed by atoms with Gasteiger partial charge in [0, 0.05) is 42.0 Å². The van der Waals surface area contributed by atoms with E-state index in [1.165, 1.54) is 30.5 Å². The first kappa shape index (κ1) is 20.0. The maximum Gasteiger partial charge on any atom is 0.471 e. The van der Waals surface area contributed by atoms with Gasteiger partial charge in [0.1, 0.15) is 5.82 Å². The van der Waals surface area contributed by atoms with Gasteiger partial charge in [-0.3, -0.25) is 9.78 Å². The smallest absolute Gasteiger partial charge is 0.338 e. The van der Waals surface area contributed by atoms with Crippen molar-refractivity contribution < 1.29 is 26.9 Å². The molecule has 4 rings (SSSR count). The summed E-state index contributed by atoms with van der Waals surface area (Å²) in [7, 11) is 0. The van der Waals surface area contributed by atoms with Gasteiger partial charge in [-0.15, -0.1) is 0 Å². The summed E-state index contributed by atoms with van der Waals surface area (Å²) in [6, 6.07) is 8.67. The summed E-state index contributed by atoms with van der Waals surface area (Å²) in [4.78, 5) is 22.1. The van der Waals surface area contributed by atoms with Gasteiger partial charge in [0.2, 0.25) is 5.82 Å². The Hall–Kier alpha value is -3.30. The van der Waals surface area contributed by atoms with Gasteiger partial charge in [-0.05, 0) is 49.2 Å². The number of piperidine rings is 1. The first-order valence-electron chi connectivity index (χ1n) is 9.23. The van der Waals surface area contributed by atoms with Crippen LogP contribution in [0.5, 0.6) is 0 Å². The van der Waals surface area contributed by atoms with Crippen molar-refractivity contribution in [2.24, 2.45) is 0 Å². The van der Waals surface area contributed by atoms with Crippen LogP contribution in [-0.4, -0.2) is 39.0 Å². The number of amides is 1. The van der Waals surface area contributed by atoms with E-state index in [4.69, 9.17) is 0 Å². The maximum atomic E-state index is 13.1. The van der Waals surface area contributed by atoms with Crippen molar-refractivity contribution in [1.82, 2.24) is 20.0 Å². The minimum absolute atomic E-state index is 0.0202. The van der Waals surface area contributed by atoms with Gasteiger partial charge in [0.05, 0.1) is 0 Å². The Labute approximate surface area is 168 Å². The largest absolute Gasteiger partial charge is 0.471 e. The molecule has 0 spiro atoms. The van der Waals surface area contributed by atoms with Crippen molar-refractivity contribution in [3.05, 3.63) is 65.6 Å². The molecule has 3 heterocycles. The quantitative estimate of drug-likeness (QED) is 0.591. The average Bonchev–Trinajstić information content (AvgIpc) is 3.25. The van der Waals surface area contributed by atoms with E-state index < -0.39 is 17.9 Å². The molecule has 0 aliphatic carbocycles. The van der Waals surface area contributed by atoms with Gasteiger partial charge >= 0.3 is 12.1 Å². The number of aromatic nitrogens is 3. The first-order chi connectivity index (χ1) is 14.3. The highest BCUT2D eigenvalue weighted by molar-refractivity contribution is 5.94. The Morgan fingerprint density at radius 2 is 1.90 bits per heavy atom. The van der Waals surface area contributed by atoms with Gasteiger partial charge in [0.25, 0.3) is 5.91 Å². The lowest BCUT2D eigenvalue weighted by molar-refractivity contribution is -0.159. The number of carbonyl (C=O) groups is 1. The molecular weight excluding hydrogens is 404 g/mol. The zero-order chi connectivity index (χ0) is 21.3. The predicted octanol–water partition coefficient (Wildman–Crippen LogP) is 4.31. The van der Waals surface area contributed by atoms with Crippen molar-refractivity contribution >= 4 is 5.91 Å². The van der Waals surface area contributed by atoms with Crippen molar-refractivity contribution in [2.75, 3.05) is 13.1 Å². The fourth-order valence-electron chi connectivity index (χ4n) is 3.41. The summed E-state index contributed by atoms with van der Waals surface area (Å²) in [5, 5.41) is 3.34. The lowest BCUT2D eigenvalue weighted by Gasteiger charge is -2.32. The zero-order valence-corrected chi connectivity index (χ0v) is 15.6. The van der Waals surface area contributed by atoms with E-state index in [0.717, 1.165) is 18.5 Å². The second-order valence-electron chi connectivity index (χ2n) is 6.99. The van der Waals surface area contributed by atoms with Gasteiger partial charge in [-0.1, -0.05) is 5.16 Å². The van der Waals surface area contributed by atoms with Crippen LogP contribution in [0.3, 0.4) is 0 Å². The van der Waals surface area contributed by atoms with Crippen LogP contribution < -0.4 is 0 Å². The molecule has 1 atom stereocenters. The van der Waals surface area contributed by atoms with Crippen LogP contribution in [0.2, 0.25) is 0 Å². The molecule has 1 amide bonds. The van der Waals surface area contributed by atoms with E-state index in [1.807, 2.05) is 0 Å². The number of rotatable bonds is 3. The monoisotopic (exact) mass is 420 g/mol. The van der Waals surface area contributed by atoms with Crippen molar-refractivity contribution in [2.45, 2.75) is 24.9 Å². The molecule has 1 aliphatic heterocycles. The van der Waals surface area contributed by atoms with Crippen molar-refractivity contribution in [1.29, 1.82) is 0 Å². The molecule has 0 bridgehead atoms. The molecule has 0 radical (unpaired) electrons.